The molecule has 2 fully saturated rings. The molecule has 4 heteroatoms. The first-order valence-corrected chi connectivity index (χ1v) is 8.16. The summed E-state index contributed by atoms with van der Waals surface area (Å²) in [5, 5.41) is 3.27. The molecular weight excluding hydrogens is 276 g/mol. The first-order valence-electron chi connectivity index (χ1n) is 8.16. The highest BCUT2D eigenvalue weighted by molar-refractivity contribution is 5.97. The number of benzene rings is 1. The highest BCUT2D eigenvalue weighted by Gasteiger charge is 2.22. The third-order valence-electron chi connectivity index (χ3n) is 4.50. The van der Waals surface area contributed by atoms with Gasteiger partial charge in [-0.25, -0.2) is 0 Å². The van der Waals surface area contributed by atoms with Crippen LogP contribution in [0.4, 0.5) is 11.4 Å². The van der Waals surface area contributed by atoms with Gasteiger partial charge in [-0.05, 0) is 43.5 Å². The lowest BCUT2D eigenvalue weighted by atomic mass is 9.86. The molecule has 1 heterocycles. The van der Waals surface area contributed by atoms with Crippen LogP contribution in [-0.2, 0) is 9.53 Å². The zero-order valence-electron chi connectivity index (χ0n) is 13.2. The fraction of sp³-hybridized carbons (Fsp3) is 0.500. The summed E-state index contributed by atoms with van der Waals surface area (Å²) >= 11 is 0. The van der Waals surface area contributed by atoms with Gasteiger partial charge in [-0.3, -0.25) is 4.79 Å². The molecule has 4 nitrogen and oxygen atoms in total. The van der Waals surface area contributed by atoms with E-state index in [1.54, 1.807) is 0 Å². The normalized spacial score (nSPS) is 24.6. The van der Waals surface area contributed by atoms with E-state index in [2.05, 4.69) is 34.5 Å². The summed E-state index contributed by atoms with van der Waals surface area (Å²) in [5.74, 6) is 0.467. The molecule has 1 saturated carbocycles. The molecule has 2 aliphatic rings. The van der Waals surface area contributed by atoms with Crippen molar-refractivity contribution in [2.24, 2.45) is 5.92 Å². The molecule has 1 aliphatic carbocycles. The summed E-state index contributed by atoms with van der Waals surface area (Å²) in [4.78, 5) is 14.4. The van der Waals surface area contributed by atoms with Crippen LogP contribution >= 0.6 is 0 Å². The third kappa shape index (κ3) is 3.50. The Kier molecular flexibility index (Phi) is 4.78. The zero-order valence-corrected chi connectivity index (χ0v) is 13.2. The van der Waals surface area contributed by atoms with Crippen molar-refractivity contribution in [2.45, 2.75) is 26.2 Å². The van der Waals surface area contributed by atoms with Gasteiger partial charge in [0, 0.05) is 42.2 Å². The maximum absolute atomic E-state index is 12.1. The number of anilines is 2. The van der Waals surface area contributed by atoms with Crippen molar-refractivity contribution in [3.8, 4) is 0 Å². The number of nitrogens with one attached hydrogen (secondary N) is 1. The van der Waals surface area contributed by atoms with Gasteiger partial charge < -0.3 is 15.0 Å². The van der Waals surface area contributed by atoms with Crippen LogP contribution in [0.25, 0.3) is 0 Å². The number of morpholine rings is 1. The van der Waals surface area contributed by atoms with Crippen molar-refractivity contribution in [3.63, 3.8) is 0 Å². The number of rotatable bonds is 3. The maximum Gasteiger partial charge on any atom is 0.163 e. The van der Waals surface area contributed by atoms with E-state index in [0.29, 0.717) is 5.78 Å². The van der Waals surface area contributed by atoms with E-state index in [0.717, 1.165) is 56.8 Å². The van der Waals surface area contributed by atoms with E-state index in [4.69, 9.17) is 4.74 Å². The lowest BCUT2D eigenvalue weighted by Crippen LogP contribution is -2.36. The van der Waals surface area contributed by atoms with Crippen LogP contribution in [0.5, 0.6) is 0 Å². The molecule has 22 heavy (non-hydrogen) atoms. The monoisotopic (exact) mass is 300 g/mol. The average Bonchev–Trinajstić information content (AvgIpc) is 2.57. The molecule has 0 aromatic heterocycles. The number of ether oxygens (including phenoxy) is 1. The maximum atomic E-state index is 12.1. The van der Waals surface area contributed by atoms with E-state index >= 15 is 0 Å². The van der Waals surface area contributed by atoms with Crippen LogP contribution < -0.4 is 10.2 Å². The molecule has 3 rings (SSSR count). The van der Waals surface area contributed by atoms with Crippen LogP contribution in [0, 0.1) is 5.92 Å². The zero-order chi connectivity index (χ0) is 15.4. The van der Waals surface area contributed by atoms with Gasteiger partial charge >= 0.3 is 0 Å². The quantitative estimate of drug-likeness (QED) is 0.870. The minimum Gasteiger partial charge on any atom is -0.378 e. The topological polar surface area (TPSA) is 41.6 Å². The Balaban J connectivity index is 1.62. The van der Waals surface area contributed by atoms with Gasteiger partial charge in [0.05, 0.1) is 13.2 Å². The second kappa shape index (κ2) is 6.97. The first kappa shape index (κ1) is 15.1. The Labute approximate surface area is 132 Å². The molecule has 0 radical (unpaired) electrons. The molecule has 118 valence electrons. The Morgan fingerprint density at radius 1 is 1.23 bits per heavy atom. The Morgan fingerprint density at radius 2 is 1.95 bits per heavy atom. The lowest BCUT2D eigenvalue weighted by molar-refractivity contribution is -0.119. The largest absolute Gasteiger partial charge is 0.378 e. The first-order chi connectivity index (χ1) is 10.7. The molecule has 1 aromatic carbocycles. The molecule has 1 aliphatic heterocycles. The molecule has 1 aromatic rings. The molecule has 1 saturated heterocycles. The Morgan fingerprint density at radius 3 is 2.68 bits per heavy atom. The number of nitrogens with zero attached hydrogens (tertiary/aromatic N) is 1. The molecule has 0 amide bonds. The van der Waals surface area contributed by atoms with Crippen molar-refractivity contribution in [2.75, 3.05) is 36.5 Å². The summed E-state index contributed by atoms with van der Waals surface area (Å²) in [6.07, 6.45) is 4.91. The SMILES string of the molecule is C[C@@H]1CCC/C(=C\Nc2ccc(N3CCOCC3)cc2)C1=O. The summed E-state index contributed by atoms with van der Waals surface area (Å²) in [5.41, 5.74) is 3.18. The van der Waals surface area contributed by atoms with Crippen LogP contribution in [-0.4, -0.2) is 32.1 Å². The van der Waals surface area contributed by atoms with Crippen LogP contribution in [0.3, 0.4) is 0 Å². The summed E-state index contributed by atoms with van der Waals surface area (Å²) in [6.45, 7) is 5.51. The second-order valence-electron chi connectivity index (χ2n) is 6.12. The molecule has 0 spiro atoms. The van der Waals surface area contributed by atoms with E-state index in [1.807, 2.05) is 13.1 Å². The third-order valence-corrected chi connectivity index (χ3v) is 4.50. The van der Waals surface area contributed by atoms with E-state index in [1.165, 1.54) is 5.69 Å². The van der Waals surface area contributed by atoms with Gasteiger partial charge in [-0.15, -0.1) is 0 Å². The van der Waals surface area contributed by atoms with Crippen LogP contribution in [0.15, 0.2) is 36.0 Å². The van der Waals surface area contributed by atoms with E-state index < -0.39 is 0 Å². The predicted octanol–water partition coefficient (Wildman–Crippen LogP) is 3.21. The fourth-order valence-corrected chi connectivity index (χ4v) is 3.07. The molecule has 0 bridgehead atoms. The highest BCUT2D eigenvalue weighted by Crippen LogP contribution is 2.25. The number of ketones is 1. The van der Waals surface area contributed by atoms with Gasteiger partial charge in [0.2, 0.25) is 0 Å². The average molecular weight is 300 g/mol. The number of allylic oxidation sites excluding steroid dienone is 1. The van der Waals surface area contributed by atoms with Crippen LogP contribution in [0.1, 0.15) is 26.2 Å². The van der Waals surface area contributed by atoms with Crippen molar-refractivity contribution in [1.82, 2.24) is 0 Å². The van der Waals surface area contributed by atoms with Crippen LogP contribution in [0.2, 0.25) is 0 Å². The summed E-state index contributed by atoms with van der Waals surface area (Å²) < 4.78 is 5.38. The predicted molar refractivity (Wildman–Crippen MR) is 89.2 cm³/mol. The van der Waals surface area contributed by atoms with Gasteiger partial charge in [-0.2, -0.15) is 0 Å². The summed E-state index contributed by atoms with van der Waals surface area (Å²) in [7, 11) is 0. The number of carbonyl (C=O) groups is 1. The smallest absolute Gasteiger partial charge is 0.163 e. The van der Waals surface area contributed by atoms with Crippen molar-refractivity contribution in [1.29, 1.82) is 0 Å². The Bertz CT molecular complexity index is 545. The molecule has 0 unspecified atom stereocenters. The van der Waals surface area contributed by atoms with Crippen molar-refractivity contribution in [3.05, 3.63) is 36.0 Å². The second-order valence-corrected chi connectivity index (χ2v) is 6.12. The molecule has 1 atom stereocenters. The van der Waals surface area contributed by atoms with Gasteiger partial charge in [0.25, 0.3) is 0 Å². The number of carbonyl (C=O) groups excluding carboxylic acids is 1. The van der Waals surface area contributed by atoms with E-state index in [-0.39, 0.29) is 5.92 Å². The summed E-state index contributed by atoms with van der Waals surface area (Å²) in [6, 6.07) is 8.38. The minimum absolute atomic E-state index is 0.172. The van der Waals surface area contributed by atoms with Crippen molar-refractivity contribution < 1.29 is 9.53 Å². The fourth-order valence-electron chi connectivity index (χ4n) is 3.07. The van der Waals surface area contributed by atoms with Crippen molar-refractivity contribution >= 4 is 17.2 Å². The van der Waals surface area contributed by atoms with E-state index in [9.17, 15) is 4.79 Å². The lowest BCUT2D eigenvalue weighted by Gasteiger charge is -2.28. The van der Waals surface area contributed by atoms with Gasteiger partial charge in [0.15, 0.2) is 5.78 Å². The van der Waals surface area contributed by atoms with Gasteiger partial charge in [0.1, 0.15) is 0 Å². The molecule has 1 N–H and O–H groups in total. The minimum atomic E-state index is 0.172. The van der Waals surface area contributed by atoms with Gasteiger partial charge in [-0.1, -0.05) is 6.92 Å². The molecular formula is C18H24N2O2. The number of hydrogen-bond donors (Lipinski definition) is 1. The number of Topliss-reactive ketones (excluding diaryl/α,β-unsaturated/α-hetero) is 1. The number of hydrogen-bond acceptors (Lipinski definition) is 4. The highest BCUT2D eigenvalue weighted by atomic mass is 16.5. The Hall–Kier alpha value is -1.81. The standard InChI is InChI=1S/C18H24N2O2/c1-14-3-2-4-15(18(14)21)13-19-16-5-7-17(8-6-16)20-9-11-22-12-10-20/h5-8,13-14,19H,2-4,9-12H2,1H3/b15-13+/t14-/m1/s1.